The standard InChI is InChI=1S/C15H17FN2O2/c1-3-7-18-8-6-17-15(18)10-13(19)11-4-5-14(20-2)12(16)9-11/h4-6,8-9H,3,7,10H2,1-2H3. The smallest absolute Gasteiger partial charge is 0.170 e. The molecular weight excluding hydrogens is 259 g/mol. The van der Waals surface area contributed by atoms with Crippen molar-refractivity contribution in [2.45, 2.75) is 26.3 Å². The predicted molar refractivity (Wildman–Crippen MR) is 73.5 cm³/mol. The quantitative estimate of drug-likeness (QED) is 0.762. The van der Waals surface area contributed by atoms with Crippen molar-refractivity contribution in [1.82, 2.24) is 9.55 Å². The van der Waals surface area contributed by atoms with Gasteiger partial charge < -0.3 is 9.30 Å². The van der Waals surface area contributed by atoms with E-state index in [0.29, 0.717) is 11.4 Å². The Morgan fingerprint density at radius 3 is 2.90 bits per heavy atom. The molecule has 2 rings (SSSR count). The minimum Gasteiger partial charge on any atom is -0.494 e. The number of ether oxygens (including phenoxy) is 1. The van der Waals surface area contributed by atoms with Crippen LogP contribution in [0.3, 0.4) is 0 Å². The van der Waals surface area contributed by atoms with E-state index in [-0.39, 0.29) is 18.0 Å². The fraction of sp³-hybridized carbons (Fsp3) is 0.333. The summed E-state index contributed by atoms with van der Waals surface area (Å²) in [5.74, 6) is 0.146. The van der Waals surface area contributed by atoms with Crippen LogP contribution in [-0.4, -0.2) is 22.4 Å². The molecule has 2 aromatic rings. The maximum atomic E-state index is 13.6. The molecule has 0 saturated heterocycles. The van der Waals surface area contributed by atoms with Crippen LogP contribution in [0.5, 0.6) is 5.75 Å². The van der Waals surface area contributed by atoms with Crippen molar-refractivity contribution in [2.24, 2.45) is 0 Å². The average molecular weight is 276 g/mol. The summed E-state index contributed by atoms with van der Waals surface area (Å²) in [6.45, 7) is 2.88. The van der Waals surface area contributed by atoms with Crippen LogP contribution in [-0.2, 0) is 13.0 Å². The fourth-order valence-electron chi connectivity index (χ4n) is 2.04. The highest BCUT2D eigenvalue weighted by Crippen LogP contribution is 2.18. The number of halogens is 1. The molecule has 5 heteroatoms. The summed E-state index contributed by atoms with van der Waals surface area (Å²) < 4.78 is 20.4. The second-order valence-electron chi connectivity index (χ2n) is 4.49. The molecule has 0 spiro atoms. The van der Waals surface area contributed by atoms with Crippen LogP contribution in [0.15, 0.2) is 30.6 Å². The number of ketones is 1. The summed E-state index contributed by atoms with van der Waals surface area (Å²) in [6, 6.07) is 4.23. The largest absolute Gasteiger partial charge is 0.494 e. The highest BCUT2D eigenvalue weighted by atomic mass is 19.1. The third-order valence-electron chi connectivity index (χ3n) is 3.06. The number of nitrogens with zero attached hydrogens (tertiary/aromatic N) is 2. The van der Waals surface area contributed by atoms with Gasteiger partial charge in [0.2, 0.25) is 0 Å². The van der Waals surface area contributed by atoms with Crippen molar-refractivity contribution in [3.05, 3.63) is 47.8 Å². The van der Waals surface area contributed by atoms with Gasteiger partial charge in [0.15, 0.2) is 17.3 Å². The second-order valence-corrected chi connectivity index (χ2v) is 4.49. The number of imidazole rings is 1. The second kappa shape index (κ2) is 6.32. The molecule has 0 aliphatic carbocycles. The van der Waals surface area contributed by atoms with Crippen LogP contribution in [0, 0.1) is 5.82 Å². The summed E-state index contributed by atoms with van der Waals surface area (Å²) in [5, 5.41) is 0. The van der Waals surface area contributed by atoms with E-state index in [1.54, 1.807) is 12.3 Å². The van der Waals surface area contributed by atoms with Gasteiger partial charge in [-0.05, 0) is 24.6 Å². The number of methoxy groups -OCH3 is 1. The summed E-state index contributed by atoms with van der Waals surface area (Å²) in [7, 11) is 1.39. The van der Waals surface area contributed by atoms with Crippen LogP contribution >= 0.6 is 0 Å². The topological polar surface area (TPSA) is 44.1 Å². The third kappa shape index (κ3) is 3.04. The van der Waals surface area contributed by atoms with E-state index in [9.17, 15) is 9.18 Å². The first-order chi connectivity index (χ1) is 9.65. The number of hydrogen-bond acceptors (Lipinski definition) is 3. The Kier molecular flexibility index (Phi) is 4.50. The first-order valence-electron chi connectivity index (χ1n) is 6.52. The molecule has 1 heterocycles. The lowest BCUT2D eigenvalue weighted by atomic mass is 10.1. The van der Waals surface area contributed by atoms with E-state index in [1.807, 2.05) is 10.8 Å². The van der Waals surface area contributed by atoms with E-state index >= 15 is 0 Å². The summed E-state index contributed by atoms with van der Waals surface area (Å²) >= 11 is 0. The SMILES string of the molecule is CCCn1ccnc1CC(=O)c1ccc(OC)c(F)c1. The number of carbonyl (C=O) groups is 1. The molecular formula is C15H17FN2O2. The van der Waals surface area contributed by atoms with E-state index < -0.39 is 5.82 Å². The summed E-state index contributed by atoms with van der Waals surface area (Å²) in [5.41, 5.74) is 0.328. The van der Waals surface area contributed by atoms with Gasteiger partial charge in [-0.1, -0.05) is 6.92 Å². The lowest BCUT2D eigenvalue weighted by Crippen LogP contribution is -2.10. The van der Waals surface area contributed by atoms with Gasteiger partial charge in [0.1, 0.15) is 5.82 Å². The molecule has 106 valence electrons. The van der Waals surface area contributed by atoms with Crippen molar-refractivity contribution in [2.75, 3.05) is 7.11 Å². The molecule has 20 heavy (non-hydrogen) atoms. The molecule has 0 radical (unpaired) electrons. The third-order valence-corrected chi connectivity index (χ3v) is 3.06. The normalized spacial score (nSPS) is 10.6. The van der Waals surface area contributed by atoms with Gasteiger partial charge in [0.25, 0.3) is 0 Å². The molecule has 0 N–H and O–H groups in total. The zero-order valence-corrected chi connectivity index (χ0v) is 11.6. The van der Waals surface area contributed by atoms with Gasteiger partial charge in [-0.15, -0.1) is 0 Å². The Morgan fingerprint density at radius 1 is 1.45 bits per heavy atom. The first-order valence-corrected chi connectivity index (χ1v) is 6.52. The van der Waals surface area contributed by atoms with Crippen molar-refractivity contribution in [3.63, 3.8) is 0 Å². The highest BCUT2D eigenvalue weighted by Gasteiger charge is 2.13. The van der Waals surface area contributed by atoms with Crippen LogP contribution in [0.2, 0.25) is 0 Å². The van der Waals surface area contributed by atoms with Gasteiger partial charge in [-0.3, -0.25) is 4.79 Å². The fourth-order valence-corrected chi connectivity index (χ4v) is 2.04. The molecule has 0 unspecified atom stereocenters. The summed E-state index contributed by atoms with van der Waals surface area (Å²) in [6.07, 6.45) is 4.65. The van der Waals surface area contributed by atoms with Gasteiger partial charge in [0, 0.05) is 24.5 Å². The molecule has 1 aromatic heterocycles. The number of Topliss-reactive ketones (excluding diaryl/α,β-unsaturated/α-hetero) is 1. The van der Waals surface area contributed by atoms with E-state index in [0.717, 1.165) is 13.0 Å². The zero-order valence-electron chi connectivity index (χ0n) is 11.6. The van der Waals surface area contributed by atoms with Crippen molar-refractivity contribution in [3.8, 4) is 5.75 Å². The van der Waals surface area contributed by atoms with Gasteiger partial charge in [-0.2, -0.15) is 0 Å². The maximum absolute atomic E-state index is 13.6. The molecule has 0 amide bonds. The Hall–Kier alpha value is -2.17. The van der Waals surface area contributed by atoms with Crippen molar-refractivity contribution >= 4 is 5.78 Å². The van der Waals surface area contributed by atoms with Crippen LogP contribution in [0.25, 0.3) is 0 Å². The predicted octanol–water partition coefficient (Wildman–Crippen LogP) is 2.87. The van der Waals surface area contributed by atoms with E-state index in [1.165, 1.54) is 19.2 Å². The molecule has 1 aromatic carbocycles. The minimum absolute atomic E-state index is 0.133. The number of rotatable bonds is 6. The minimum atomic E-state index is -0.532. The molecule has 0 fully saturated rings. The lowest BCUT2D eigenvalue weighted by molar-refractivity contribution is 0.0989. The van der Waals surface area contributed by atoms with E-state index in [2.05, 4.69) is 11.9 Å². The zero-order chi connectivity index (χ0) is 14.5. The molecule has 4 nitrogen and oxygen atoms in total. The molecule has 0 atom stereocenters. The average Bonchev–Trinajstić information content (AvgIpc) is 2.86. The molecule has 0 aliphatic rings. The molecule has 0 saturated carbocycles. The lowest BCUT2D eigenvalue weighted by Gasteiger charge is -2.07. The van der Waals surface area contributed by atoms with Crippen LogP contribution in [0.4, 0.5) is 4.39 Å². The molecule has 0 aliphatic heterocycles. The van der Waals surface area contributed by atoms with Crippen molar-refractivity contribution in [1.29, 1.82) is 0 Å². The number of benzene rings is 1. The Labute approximate surface area is 117 Å². The monoisotopic (exact) mass is 276 g/mol. The van der Waals surface area contributed by atoms with Crippen LogP contribution < -0.4 is 4.74 Å². The molecule has 0 bridgehead atoms. The number of hydrogen-bond donors (Lipinski definition) is 0. The summed E-state index contributed by atoms with van der Waals surface area (Å²) in [4.78, 5) is 16.3. The number of carbonyl (C=O) groups excluding carboxylic acids is 1. The maximum Gasteiger partial charge on any atom is 0.170 e. The Morgan fingerprint density at radius 2 is 2.25 bits per heavy atom. The highest BCUT2D eigenvalue weighted by molar-refractivity contribution is 5.97. The Bertz CT molecular complexity index is 608. The van der Waals surface area contributed by atoms with Gasteiger partial charge in [0.05, 0.1) is 13.5 Å². The number of aryl methyl sites for hydroxylation is 1. The number of aromatic nitrogens is 2. The van der Waals surface area contributed by atoms with Gasteiger partial charge in [-0.25, -0.2) is 9.37 Å². The van der Waals surface area contributed by atoms with Crippen molar-refractivity contribution < 1.29 is 13.9 Å². The van der Waals surface area contributed by atoms with Crippen LogP contribution in [0.1, 0.15) is 29.5 Å². The first kappa shape index (κ1) is 14.2. The Balaban J connectivity index is 2.15. The van der Waals surface area contributed by atoms with E-state index in [4.69, 9.17) is 4.74 Å². The van der Waals surface area contributed by atoms with Gasteiger partial charge >= 0.3 is 0 Å².